The number of amides is 1. The number of anilines is 1. The molecule has 0 spiro atoms. The van der Waals surface area contributed by atoms with Crippen molar-refractivity contribution in [3.05, 3.63) is 54.0 Å². The number of allylic oxidation sites excluding steroid dienone is 1. The number of nitrogens with zero attached hydrogens (tertiary/aromatic N) is 2. The van der Waals surface area contributed by atoms with Crippen LogP contribution in [0.5, 0.6) is 0 Å². The molecule has 1 N–H and O–H groups in total. The minimum atomic E-state index is -4.69. The molecule has 0 saturated carbocycles. The lowest BCUT2D eigenvalue weighted by atomic mass is 10.1. The van der Waals surface area contributed by atoms with Gasteiger partial charge in [-0.3, -0.25) is 9.78 Å². The highest BCUT2D eigenvalue weighted by molar-refractivity contribution is 5.99. The van der Waals surface area contributed by atoms with Gasteiger partial charge in [-0.1, -0.05) is 6.08 Å². The Balaban J connectivity index is 2.48. The highest BCUT2D eigenvalue weighted by Gasteiger charge is 2.36. The molecule has 2 aromatic rings. The highest BCUT2D eigenvalue weighted by atomic mass is 19.4. The molecule has 120 valence electrons. The van der Waals surface area contributed by atoms with Gasteiger partial charge in [0.15, 0.2) is 5.69 Å². The molecule has 4 nitrogen and oxygen atoms in total. The lowest BCUT2D eigenvalue weighted by Gasteiger charge is -2.13. The van der Waals surface area contributed by atoms with E-state index in [1.54, 1.807) is 26.1 Å². The Labute approximate surface area is 131 Å². The predicted molar refractivity (Wildman–Crippen MR) is 80.7 cm³/mol. The normalized spacial score (nSPS) is 11.7. The van der Waals surface area contributed by atoms with Crippen molar-refractivity contribution in [3.63, 3.8) is 0 Å². The molecule has 0 aliphatic heterocycles. The number of hydrogen-bond acceptors (Lipinski definition) is 3. The average Bonchev–Trinajstić information content (AvgIpc) is 2.46. The van der Waals surface area contributed by atoms with Gasteiger partial charge in [-0.2, -0.15) is 13.2 Å². The van der Waals surface area contributed by atoms with E-state index in [1.165, 1.54) is 24.4 Å². The Morgan fingerprint density at radius 2 is 2.00 bits per heavy atom. The van der Waals surface area contributed by atoms with Crippen molar-refractivity contribution in [2.24, 2.45) is 0 Å². The van der Waals surface area contributed by atoms with E-state index in [0.717, 1.165) is 11.6 Å². The maximum Gasteiger partial charge on any atom is 0.435 e. The number of aromatic nitrogens is 2. The molecule has 0 bridgehead atoms. The minimum absolute atomic E-state index is 0.137. The Bertz CT molecular complexity index is 754. The lowest BCUT2D eigenvalue weighted by Crippen LogP contribution is -2.16. The predicted octanol–water partition coefficient (Wildman–Crippen LogP) is 3.99. The second-order valence-corrected chi connectivity index (χ2v) is 4.83. The number of hydrogen-bond donors (Lipinski definition) is 1. The van der Waals surface area contributed by atoms with Gasteiger partial charge in [-0.25, -0.2) is 4.98 Å². The number of carbonyl (C=O) groups is 1. The molecular weight excluding hydrogens is 307 g/mol. The van der Waals surface area contributed by atoms with Crippen molar-refractivity contribution in [3.8, 4) is 11.3 Å². The molecule has 0 unspecified atom stereocenters. The van der Waals surface area contributed by atoms with E-state index in [1.807, 2.05) is 0 Å². The summed E-state index contributed by atoms with van der Waals surface area (Å²) in [5.41, 5.74) is -0.109. The van der Waals surface area contributed by atoms with Gasteiger partial charge in [0.25, 0.3) is 0 Å². The summed E-state index contributed by atoms with van der Waals surface area (Å²) in [5.74, 6) is -0.648. The molecule has 0 fully saturated rings. The molecule has 0 aromatic carbocycles. The second-order valence-electron chi connectivity index (χ2n) is 4.83. The van der Waals surface area contributed by atoms with E-state index in [0.29, 0.717) is 5.56 Å². The van der Waals surface area contributed by atoms with Gasteiger partial charge < -0.3 is 5.32 Å². The lowest BCUT2D eigenvalue weighted by molar-refractivity contribution is -0.140. The summed E-state index contributed by atoms with van der Waals surface area (Å²) in [7, 11) is 0. The standard InChI is InChI=1S/C16H14F3N3O/c1-3-4-14(23)21-13-6-5-12(22-15(13)16(17,18)19)11-7-10(2)8-20-9-11/h3-9H,1-2H3,(H,21,23)/b4-3+. The van der Waals surface area contributed by atoms with Crippen molar-refractivity contribution in [1.82, 2.24) is 9.97 Å². The molecule has 2 aromatic heterocycles. The van der Waals surface area contributed by atoms with E-state index in [9.17, 15) is 18.0 Å². The van der Waals surface area contributed by atoms with Crippen LogP contribution in [0.4, 0.5) is 18.9 Å². The molecule has 2 heterocycles. The summed E-state index contributed by atoms with van der Waals surface area (Å²) < 4.78 is 39.6. The van der Waals surface area contributed by atoms with E-state index in [4.69, 9.17) is 0 Å². The van der Waals surface area contributed by atoms with Gasteiger partial charge in [-0.05, 0) is 43.7 Å². The van der Waals surface area contributed by atoms with Gasteiger partial charge in [0.2, 0.25) is 5.91 Å². The second kappa shape index (κ2) is 6.60. The third-order valence-corrected chi connectivity index (χ3v) is 2.91. The van der Waals surface area contributed by atoms with Crippen molar-refractivity contribution in [2.75, 3.05) is 5.32 Å². The molecule has 1 amide bonds. The maximum absolute atomic E-state index is 13.2. The quantitative estimate of drug-likeness (QED) is 0.870. The van der Waals surface area contributed by atoms with Gasteiger partial charge >= 0.3 is 6.18 Å². The summed E-state index contributed by atoms with van der Waals surface area (Å²) in [5, 5.41) is 2.18. The average molecular weight is 321 g/mol. The molecular formula is C16H14F3N3O. The SMILES string of the molecule is C/C=C/C(=O)Nc1ccc(-c2cncc(C)c2)nc1C(F)(F)F. The maximum atomic E-state index is 13.2. The third-order valence-electron chi connectivity index (χ3n) is 2.91. The number of nitrogens with one attached hydrogen (secondary N) is 1. The molecule has 0 saturated heterocycles. The van der Waals surface area contributed by atoms with Crippen LogP contribution in [0.3, 0.4) is 0 Å². The number of pyridine rings is 2. The van der Waals surface area contributed by atoms with Crippen molar-refractivity contribution in [2.45, 2.75) is 20.0 Å². The fraction of sp³-hybridized carbons (Fsp3) is 0.188. The Hall–Kier alpha value is -2.70. The fourth-order valence-electron chi connectivity index (χ4n) is 1.96. The van der Waals surface area contributed by atoms with E-state index in [2.05, 4.69) is 15.3 Å². The van der Waals surface area contributed by atoms with Crippen LogP contribution in [0.1, 0.15) is 18.2 Å². The van der Waals surface area contributed by atoms with Crippen molar-refractivity contribution < 1.29 is 18.0 Å². The van der Waals surface area contributed by atoms with Crippen molar-refractivity contribution in [1.29, 1.82) is 0 Å². The van der Waals surface area contributed by atoms with Crippen LogP contribution in [-0.4, -0.2) is 15.9 Å². The van der Waals surface area contributed by atoms with Crippen molar-refractivity contribution >= 4 is 11.6 Å². The number of aryl methyl sites for hydroxylation is 1. The highest BCUT2D eigenvalue weighted by Crippen LogP contribution is 2.35. The van der Waals surface area contributed by atoms with Gasteiger partial charge in [0.1, 0.15) is 0 Å². The monoisotopic (exact) mass is 321 g/mol. The molecule has 0 radical (unpaired) electrons. The molecule has 0 aliphatic rings. The summed E-state index contributed by atoms with van der Waals surface area (Å²) >= 11 is 0. The first kappa shape index (κ1) is 16.7. The Morgan fingerprint density at radius 3 is 2.61 bits per heavy atom. The van der Waals surface area contributed by atoms with Crippen LogP contribution >= 0.6 is 0 Å². The summed E-state index contributed by atoms with van der Waals surface area (Å²) in [6.45, 7) is 3.38. The first-order valence-corrected chi connectivity index (χ1v) is 6.75. The first-order chi connectivity index (χ1) is 10.8. The summed E-state index contributed by atoms with van der Waals surface area (Å²) in [6, 6.07) is 4.29. The third kappa shape index (κ3) is 4.15. The number of alkyl halides is 3. The number of rotatable bonds is 3. The Kier molecular flexibility index (Phi) is 4.78. The van der Waals surface area contributed by atoms with E-state index in [-0.39, 0.29) is 11.4 Å². The molecule has 7 heteroatoms. The minimum Gasteiger partial charge on any atom is -0.321 e. The zero-order valence-electron chi connectivity index (χ0n) is 12.5. The van der Waals surface area contributed by atoms with Gasteiger partial charge in [0, 0.05) is 18.0 Å². The zero-order valence-corrected chi connectivity index (χ0v) is 12.5. The van der Waals surface area contributed by atoms with Crippen LogP contribution in [0.25, 0.3) is 11.3 Å². The van der Waals surface area contributed by atoms with Crippen LogP contribution in [0.15, 0.2) is 42.7 Å². The summed E-state index contributed by atoms with van der Waals surface area (Å²) in [6.07, 6.45) is 0.917. The Morgan fingerprint density at radius 1 is 1.26 bits per heavy atom. The molecule has 2 rings (SSSR count). The van der Waals surface area contributed by atoms with Gasteiger partial charge in [-0.15, -0.1) is 0 Å². The van der Waals surface area contributed by atoms with E-state index < -0.39 is 17.8 Å². The molecule has 23 heavy (non-hydrogen) atoms. The van der Waals surface area contributed by atoms with Crippen LogP contribution < -0.4 is 5.32 Å². The molecule has 0 atom stereocenters. The largest absolute Gasteiger partial charge is 0.435 e. The van der Waals surface area contributed by atoms with Crippen LogP contribution in [0, 0.1) is 6.92 Å². The van der Waals surface area contributed by atoms with Crippen LogP contribution in [-0.2, 0) is 11.0 Å². The topological polar surface area (TPSA) is 54.9 Å². The van der Waals surface area contributed by atoms with Crippen LogP contribution in [0.2, 0.25) is 0 Å². The zero-order chi connectivity index (χ0) is 17.0. The smallest absolute Gasteiger partial charge is 0.321 e. The first-order valence-electron chi connectivity index (χ1n) is 6.75. The van der Waals surface area contributed by atoms with E-state index >= 15 is 0 Å². The molecule has 0 aliphatic carbocycles. The van der Waals surface area contributed by atoms with Gasteiger partial charge in [0.05, 0.1) is 11.4 Å². The number of halogens is 3. The fourth-order valence-corrected chi connectivity index (χ4v) is 1.96. The number of carbonyl (C=O) groups excluding carboxylic acids is 1. The summed E-state index contributed by atoms with van der Waals surface area (Å²) in [4.78, 5) is 19.1.